The van der Waals surface area contributed by atoms with Crippen LogP contribution in [0.1, 0.15) is 23.1 Å². The van der Waals surface area contributed by atoms with E-state index >= 15 is 0 Å². The van der Waals surface area contributed by atoms with E-state index in [0.717, 1.165) is 37.2 Å². The van der Waals surface area contributed by atoms with E-state index in [9.17, 15) is 4.39 Å². The van der Waals surface area contributed by atoms with Crippen molar-refractivity contribution in [2.75, 3.05) is 13.1 Å². The zero-order valence-corrected chi connectivity index (χ0v) is 12.6. The fourth-order valence-electron chi connectivity index (χ4n) is 2.42. The van der Waals surface area contributed by atoms with Crippen LogP contribution in [0, 0.1) is 12.7 Å². The molecule has 0 saturated heterocycles. The van der Waals surface area contributed by atoms with Crippen molar-refractivity contribution in [3.63, 3.8) is 0 Å². The van der Waals surface area contributed by atoms with Crippen molar-refractivity contribution >= 4 is 0 Å². The molecule has 0 fully saturated rings. The highest BCUT2D eigenvalue weighted by Gasteiger charge is 2.09. The third-order valence-corrected chi connectivity index (χ3v) is 3.63. The fourth-order valence-corrected chi connectivity index (χ4v) is 2.42. The van der Waals surface area contributed by atoms with Crippen LogP contribution >= 0.6 is 0 Å². The Kier molecular flexibility index (Phi) is 5.90. The summed E-state index contributed by atoms with van der Waals surface area (Å²) in [6.07, 6.45) is 0.946. The first-order chi connectivity index (χ1) is 10.2. The maximum Gasteiger partial charge on any atom is 0.123 e. The second-order valence-electron chi connectivity index (χ2n) is 5.41. The number of benzene rings is 2. The number of halogens is 1. The van der Waals surface area contributed by atoms with Gasteiger partial charge in [0.25, 0.3) is 0 Å². The van der Waals surface area contributed by atoms with Gasteiger partial charge in [0.2, 0.25) is 0 Å². The summed E-state index contributed by atoms with van der Waals surface area (Å²) in [4.78, 5) is 2.32. The Hall–Kier alpha value is -1.71. The first-order valence-corrected chi connectivity index (χ1v) is 7.40. The quantitative estimate of drug-likeness (QED) is 0.844. The highest BCUT2D eigenvalue weighted by Crippen LogP contribution is 2.15. The smallest absolute Gasteiger partial charge is 0.123 e. The van der Waals surface area contributed by atoms with E-state index in [-0.39, 0.29) is 5.82 Å². The van der Waals surface area contributed by atoms with Gasteiger partial charge in [0, 0.05) is 19.6 Å². The minimum Gasteiger partial charge on any atom is -0.330 e. The average Bonchev–Trinajstić information content (AvgIpc) is 2.49. The number of aryl methyl sites for hydroxylation is 1. The van der Waals surface area contributed by atoms with E-state index in [1.54, 1.807) is 6.07 Å². The molecule has 0 heterocycles. The van der Waals surface area contributed by atoms with Crippen LogP contribution in [0.3, 0.4) is 0 Å². The molecule has 0 aliphatic rings. The van der Waals surface area contributed by atoms with Gasteiger partial charge in [-0.1, -0.05) is 36.4 Å². The molecule has 2 aromatic carbocycles. The molecule has 3 heteroatoms. The summed E-state index contributed by atoms with van der Waals surface area (Å²) in [7, 11) is 0. The topological polar surface area (TPSA) is 29.3 Å². The standard InChI is InChI=1S/C18H23FN2/c1-15-8-9-18(19)12-17(15)14-21(11-5-10-20)13-16-6-3-2-4-7-16/h2-4,6-9,12H,5,10-11,13-14,20H2,1H3. The van der Waals surface area contributed by atoms with Gasteiger partial charge in [-0.2, -0.15) is 0 Å². The Morgan fingerprint density at radius 3 is 2.52 bits per heavy atom. The molecule has 2 rings (SSSR count). The minimum absolute atomic E-state index is 0.172. The molecule has 21 heavy (non-hydrogen) atoms. The predicted octanol–water partition coefficient (Wildman–Crippen LogP) is 3.49. The summed E-state index contributed by atoms with van der Waals surface area (Å²) < 4.78 is 13.4. The number of hydrogen-bond donors (Lipinski definition) is 1. The Bertz CT molecular complexity index is 554. The van der Waals surface area contributed by atoms with Gasteiger partial charge in [-0.15, -0.1) is 0 Å². The lowest BCUT2D eigenvalue weighted by molar-refractivity contribution is 0.254. The Morgan fingerprint density at radius 2 is 1.81 bits per heavy atom. The van der Waals surface area contributed by atoms with Gasteiger partial charge in [-0.05, 0) is 48.7 Å². The van der Waals surface area contributed by atoms with Crippen LogP contribution in [0.25, 0.3) is 0 Å². The van der Waals surface area contributed by atoms with E-state index in [4.69, 9.17) is 5.73 Å². The first-order valence-electron chi connectivity index (χ1n) is 7.40. The van der Waals surface area contributed by atoms with Gasteiger partial charge < -0.3 is 5.73 Å². The largest absolute Gasteiger partial charge is 0.330 e. The molecule has 0 amide bonds. The van der Waals surface area contributed by atoms with Crippen molar-refractivity contribution in [3.05, 3.63) is 71.0 Å². The van der Waals surface area contributed by atoms with E-state index in [1.165, 1.54) is 11.6 Å². The van der Waals surface area contributed by atoms with Gasteiger partial charge in [0.05, 0.1) is 0 Å². The highest BCUT2D eigenvalue weighted by atomic mass is 19.1. The Balaban J connectivity index is 2.10. The fraction of sp³-hybridized carbons (Fsp3) is 0.333. The molecular weight excluding hydrogens is 263 g/mol. The van der Waals surface area contributed by atoms with E-state index < -0.39 is 0 Å². The first kappa shape index (κ1) is 15.7. The maximum atomic E-state index is 13.4. The average molecular weight is 286 g/mol. The summed E-state index contributed by atoms with van der Waals surface area (Å²) in [5, 5.41) is 0. The molecule has 112 valence electrons. The van der Waals surface area contributed by atoms with Crippen LogP contribution in [0.4, 0.5) is 4.39 Å². The van der Waals surface area contributed by atoms with Gasteiger partial charge in [0.15, 0.2) is 0 Å². The summed E-state index contributed by atoms with van der Waals surface area (Å²) in [5.74, 6) is -0.172. The third-order valence-electron chi connectivity index (χ3n) is 3.63. The van der Waals surface area contributed by atoms with Crippen molar-refractivity contribution in [3.8, 4) is 0 Å². The van der Waals surface area contributed by atoms with Gasteiger partial charge in [0.1, 0.15) is 5.82 Å². The number of nitrogens with zero attached hydrogens (tertiary/aromatic N) is 1. The van der Waals surface area contributed by atoms with Crippen LogP contribution in [-0.2, 0) is 13.1 Å². The van der Waals surface area contributed by atoms with Gasteiger partial charge in [-0.3, -0.25) is 4.90 Å². The molecule has 0 spiro atoms. The maximum absolute atomic E-state index is 13.4. The van der Waals surface area contributed by atoms with Crippen molar-refractivity contribution < 1.29 is 4.39 Å². The molecule has 0 aliphatic heterocycles. The van der Waals surface area contributed by atoms with E-state index in [0.29, 0.717) is 6.54 Å². The number of hydrogen-bond acceptors (Lipinski definition) is 2. The second kappa shape index (κ2) is 7.91. The third kappa shape index (κ3) is 4.96. The monoisotopic (exact) mass is 286 g/mol. The van der Waals surface area contributed by atoms with E-state index in [1.807, 2.05) is 31.2 Å². The summed E-state index contributed by atoms with van der Waals surface area (Å²) in [5.41, 5.74) is 9.07. The summed E-state index contributed by atoms with van der Waals surface area (Å²) >= 11 is 0. The summed E-state index contributed by atoms with van der Waals surface area (Å²) in [6.45, 7) is 5.22. The van der Waals surface area contributed by atoms with Crippen LogP contribution in [0.15, 0.2) is 48.5 Å². The van der Waals surface area contributed by atoms with Crippen molar-refractivity contribution in [1.29, 1.82) is 0 Å². The molecule has 0 radical (unpaired) electrons. The normalized spacial score (nSPS) is 11.0. The molecule has 0 aliphatic carbocycles. The van der Waals surface area contributed by atoms with Crippen molar-refractivity contribution in [2.24, 2.45) is 5.73 Å². The van der Waals surface area contributed by atoms with Gasteiger partial charge in [-0.25, -0.2) is 4.39 Å². The van der Waals surface area contributed by atoms with Crippen LogP contribution in [0.2, 0.25) is 0 Å². The number of rotatable bonds is 7. The highest BCUT2D eigenvalue weighted by molar-refractivity contribution is 5.26. The molecule has 2 aromatic rings. The molecular formula is C18H23FN2. The van der Waals surface area contributed by atoms with Crippen molar-refractivity contribution in [2.45, 2.75) is 26.4 Å². The second-order valence-corrected chi connectivity index (χ2v) is 5.41. The zero-order chi connectivity index (χ0) is 15.1. The lowest BCUT2D eigenvalue weighted by atomic mass is 10.1. The predicted molar refractivity (Wildman–Crippen MR) is 85.4 cm³/mol. The van der Waals surface area contributed by atoms with Crippen molar-refractivity contribution in [1.82, 2.24) is 4.90 Å². The molecule has 0 unspecified atom stereocenters. The molecule has 2 nitrogen and oxygen atoms in total. The Morgan fingerprint density at radius 1 is 1.05 bits per heavy atom. The van der Waals surface area contributed by atoms with Gasteiger partial charge >= 0.3 is 0 Å². The van der Waals surface area contributed by atoms with Crippen LogP contribution < -0.4 is 5.73 Å². The number of nitrogens with two attached hydrogens (primary N) is 1. The molecule has 0 bridgehead atoms. The molecule has 0 aromatic heterocycles. The lowest BCUT2D eigenvalue weighted by Crippen LogP contribution is -2.26. The lowest BCUT2D eigenvalue weighted by Gasteiger charge is -2.23. The summed E-state index contributed by atoms with van der Waals surface area (Å²) in [6, 6.07) is 15.3. The zero-order valence-electron chi connectivity index (χ0n) is 12.6. The van der Waals surface area contributed by atoms with E-state index in [2.05, 4.69) is 17.0 Å². The molecule has 2 N–H and O–H groups in total. The molecule has 0 atom stereocenters. The van der Waals surface area contributed by atoms with Crippen LogP contribution in [-0.4, -0.2) is 18.0 Å². The molecule has 0 saturated carbocycles. The minimum atomic E-state index is -0.172. The SMILES string of the molecule is Cc1ccc(F)cc1CN(CCCN)Cc1ccccc1. The van der Waals surface area contributed by atoms with Crippen LogP contribution in [0.5, 0.6) is 0 Å². The Labute approximate surface area is 126 Å².